The number of aliphatic carboxylic acids is 1. The van der Waals surface area contributed by atoms with Gasteiger partial charge in [0.15, 0.2) is 0 Å². The Balaban J connectivity index is 1.16. The van der Waals surface area contributed by atoms with Crippen molar-refractivity contribution in [2.24, 2.45) is 11.8 Å². The number of benzene rings is 1. The van der Waals surface area contributed by atoms with Crippen LogP contribution in [0.5, 0.6) is 5.75 Å². The Bertz CT molecular complexity index is 1140. The summed E-state index contributed by atoms with van der Waals surface area (Å²) in [6, 6.07) is 10.9. The normalized spacial score (nSPS) is 21.1. The number of carboxylic acids is 1. The van der Waals surface area contributed by atoms with Crippen LogP contribution in [0.4, 0.5) is 5.82 Å². The van der Waals surface area contributed by atoms with Crippen molar-refractivity contribution in [1.29, 1.82) is 0 Å². The van der Waals surface area contributed by atoms with Gasteiger partial charge >= 0.3 is 5.97 Å². The van der Waals surface area contributed by atoms with Crippen LogP contribution in [0.1, 0.15) is 62.4 Å². The first kappa shape index (κ1) is 26.5. The number of hydrogen-bond donors (Lipinski definition) is 2. The van der Waals surface area contributed by atoms with Crippen molar-refractivity contribution < 1.29 is 19.4 Å². The molecule has 8 nitrogen and oxygen atoms in total. The van der Waals surface area contributed by atoms with Gasteiger partial charge in [-0.3, -0.25) is 14.5 Å². The van der Waals surface area contributed by atoms with Gasteiger partial charge in [0.1, 0.15) is 17.6 Å². The van der Waals surface area contributed by atoms with E-state index in [1.54, 1.807) is 0 Å². The van der Waals surface area contributed by atoms with Gasteiger partial charge in [0.25, 0.3) is 0 Å². The second-order valence-corrected chi connectivity index (χ2v) is 11.2. The maximum Gasteiger partial charge on any atom is 0.325 e. The zero-order valence-electron chi connectivity index (χ0n) is 22.6. The number of likely N-dealkylation sites (tertiary alicyclic amines) is 2. The van der Waals surface area contributed by atoms with Crippen LogP contribution in [0.2, 0.25) is 0 Å². The smallest absolute Gasteiger partial charge is 0.325 e. The number of carbonyl (C=O) groups excluding carboxylic acids is 1. The largest absolute Gasteiger partial charge is 0.491 e. The number of carbonyl (C=O) groups is 2. The highest BCUT2D eigenvalue weighted by Gasteiger charge is 2.39. The van der Waals surface area contributed by atoms with Crippen LogP contribution in [-0.2, 0) is 22.4 Å². The molecule has 1 aromatic carbocycles. The molecule has 2 atom stereocenters. The number of fused-ring (bicyclic) bond motifs is 1. The summed E-state index contributed by atoms with van der Waals surface area (Å²) in [5.41, 5.74) is 3.09. The van der Waals surface area contributed by atoms with Gasteiger partial charge in [-0.25, -0.2) is 4.98 Å². The summed E-state index contributed by atoms with van der Waals surface area (Å²) in [5, 5.41) is 13.6. The molecule has 0 bridgehead atoms. The van der Waals surface area contributed by atoms with Gasteiger partial charge < -0.3 is 20.1 Å². The van der Waals surface area contributed by atoms with Crippen LogP contribution >= 0.6 is 0 Å². The molecule has 2 saturated heterocycles. The quantitative estimate of drug-likeness (QED) is 0.540. The third-order valence-electron chi connectivity index (χ3n) is 8.12. The van der Waals surface area contributed by atoms with Crippen LogP contribution in [0.3, 0.4) is 0 Å². The molecule has 8 heteroatoms. The van der Waals surface area contributed by atoms with Crippen molar-refractivity contribution >= 4 is 17.7 Å². The number of nitrogens with zero attached hydrogens (tertiary/aromatic N) is 3. The van der Waals surface area contributed by atoms with Crippen LogP contribution in [0, 0.1) is 11.8 Å². The third kappa shape index (κ3) is 5.96. The van der Waals surface area contributed by atoms with E-state index >= 15 is 0 Å². The number of aryl methyl sites for hydroxylation is 1. The molecule has 204 valence electrons. The van der Waals surface area contributed by atoms with Gasteiger partial charge in [-0.15, -0.1) is 0 Å². The highest BCUT2D eigenvalue weighted by atomic mass is 16.5. The van der Waals surface area contributed by atoms with Crippen molar-refractivity contribution in [3.05, 3.63) is 53.2 Å². The van der Waals surface area contributed by atoms with Gasteiger partial charge in [0, 0.05) is 44.0 Å². The Labute approximate surface area is 225 Å². The fourth-order valence-corrected chi connectivity index (χ4v) is 6.17. The number of nitrogens with one attached hydrogen (secondary N) is 1. The van der Waals surface area contributed by atoms with Gasteiger partial charge in [-0.05, 0) is 76.0 Å². The molecule has 5 rings (SSSR count). The Morgan fingerprint density at radius 3 is 2.66 bits per heavy atom. The van der Waals surface area contributed by atoms with E-state index < -0.39 is 12.0 Å². The highest BCUT2D eigenvalue weighted by molar-refractivity contribution is 5.80. The van der Waals surface area contributed by atoms with Gasteiger partial charge in [-0.1, -0.05) is 24.3 Å². The topological polar surface area (TPSA) is 95.0 Å². The number of aromatic nitrogens is 1. The van der Waals surface area contributed by atoms with Gasteiger partial charge in [-0.2, -0.15) is 0 Å². The molecule has 3 aliphatic heterocycles. The summed E-state index contributed by atoms with van der Waals surface area (Å²) in [4.78, 5) is 34.6. The number of rotatable bonds is 8. The van der Waals surface area contributed by atoms with E-state index in [-0.39, 0.29) is 17.9 Å². The first-order valence-corrected chi connectivity index (χ1v) is 14.1. The fourth-order valence-electron chi connectivity index (χ4n) is 6.17. The van der Waals surface area contributed by atoms with E-state index in [4.69, 9.17) is 9.72 Å². The molecular weight excluding hydrogens is 480 g/mol. The molecular formula is C30H40N4O4. The molecule has 0 unspecified atom stereocenters. The minimum Gasteiger partial charge on any atom is -0.491 e. The second kappa shape index (κ2) is 11.7. The minimum atomic E-state index is -0.912. The highest BCUT2D eigenvalue weighted by Crippen LogP contribution is 2.35. The van der Waals surface area contributed by atoms with E-state index in [2.05, 4.69) is 17.4 Å². The SMILES string of the molecule is CC(C)Oc1ccccc1[C@@H](C(=O)O)N1CC[C@@H](C(=O)N2CCC(Cc3ccc4c(n3)NCCC4)CC2)C1. The Morgan fingerprint density at radius 1 is 1.11 bits per heavy atom. The van der Waals surface area contributed by atoms with Crippen molar-refractivity contribution in [2.75, 3.05) is 38.0 Å². The third-order valence-corrected chi connectivity index (χ3v) is 8.12. The maximum absolute atomic E-state index is 13.4. The lowest BCUT2D eigenvalue weighted by Crippen LogP contribution is -2.43. The van der Waals surface area contributed by atoms with Crippen molar-refractivity contribution in [3.63, 3.8) is 0 Å². The van der Waals surface area contributed by atoms with Crippen molar-refractivity contribution in [1.82, 2.24) is 14.8 Å². The van der Waals surface area contributed by atoms with E-state index in [0.717, 1.165) is 63.3 Å². The average Bonchev–Trinajstić information content (AvgIpc) is 3.39. The van der Waals surface area contributed by atoms with Gasteiger partial charge in [0.2, 0.25) is 5.91 Å². The zero-order valence-corrected chi connectivity index (χ0v) is 22.6. The molecule has 0 saturated carbocycles. The molecule has 0 spiro atoms. The predicted octanol–water partition coefficient (Wildman–Crippen LogP) is 4.16. The monoisotopic (exact) mass is 520 g/mol. The maximum atomic E-state index is 13.4. The lowest BCUT2D eigenvalue weighted by atomic mass is 9.91. The molecule has 2 N–H and O–H groups in total. The molecule has 2 aromatic rings. The lowest BCUT2D eigenvalue weighted by Gasteiger charge is -2.34. The summed E-state index contributed by atoms with van der Waals surface area (Å²) in [6.45, 7) is 7.42. The number of hydrogen-bond acceptors (Lipinski definition) is 6. The summed E-state index contributed by atoms with van der Waals surface area (Å²) in [7, 11) is 0. The van der Waals surface area contributed by atoms with Crippen molar-refractivity contribution in [3.8, 4) is 5.75 Å². The summed E-state index contributed by atoms with van der Waals surface area (Å²) >= 11 is 0. The van der Waals surface area contributed by atoms with Crippen LogP contribution in [0.25, 0.3) is 0 Å². The minimum absolute atomic E-state index is 0.0545. The van der Waals surface area contributed by atoms with E-state index in [1.165, 1.54) is 5.56 Å². The first-order chi connectivity index (χ1) is 18.4. The van der Waals surface area contributed by atoms with Crippen LogP contribution in [0.15, 0.2) is 36.4 Å². The molecule has 38 heavy (non-hydrogen) atoms. The number of pyridine rings is 1. The zero-order chi connectivity index (χ0) is 26.6. The van der Waals surface area contributed by atoms with Gasteiger partial charge in [0.05, 0.1) is 12.0 Å². The predicted molar refractivity (Wildman–Crippen MR) is 146 cm³/mol. The number of anilines is 1. The fraction of sp³-hybridized carbons (Fsp3) is 0.567. The summed E-state index contributed by atoms with van der Waals surface area (Å²) in [5.74, 6) is 1.26. The number of piperidine rings is 1. The van der Waals surface area contributed by atoms with Crippen LogP contribution < -0.4 is 10.1 Å². The lowest BCUT2D eigenvalue weighted by molar-refractivity contribution is -0.144. The number of para-hydroxylation sites is 1. The second-order valence-electron chi connectivity index (χ2n) is 11.2. The Morgan fingerprint density at radius 2 is 1.89 bits per heavy atom. The molecule has 3 aliphatic rings. The molecule has 1 amide bonds. The molecule has 0 radical (unpaired) electrons. The molecule has 1 aromatic heterocycles. The van der Waals surface area contributed by atoms with E-state index in [0.29, 0.717) is 36.7 Å². The van der Waals surface area contributed by atoms with Crippen molar-refractivity contribution in [2.45, 2.75) is 64.5 Å². The van der Waals surface area contributed by atoms with E-state index in [1.807, 2.05) is 47.9 Å². The summed E-state index contributed by atoms with van der Waals surface area (Å²) < 4.78 is 5.91. The number of ether oxygens (including phenoxy) is 1. The number of carboxylic acid groups (broad SMARTS) is 1. The summed E-state index contributed by atoms with van der Waals surface area (Å²) in [6.07, 6.45) is 5.80. The standard InChI is InChI=1S/C30H40N4O4/c1-20(2)38-26-8-4-3-7-25(26)27(30(36)37)34-17-13-23(19-34)29(35)33-15-11-21(12-16-33)18-24-10-9-22-6-5-14-31-28(22)32-24/h3-4,7-10,20-21,23,27H,5-6,11-19H2,1-2H3,(H,31,32)(H,36,37)/t23-,27+/m1/s1. The molecule has 2 fully saturated rings. The van der Waals surface area contributed by atoms with E-state index in [9.17, 15) is 14.7 Å². The molecule has 0 aliphatic carbocycles. The molecule has 4 heterocycles. The Kier molecular flexibility index (Phi) is 8.17. The first-order valence-electron chi connectivity index (χ1n) is 14.1. The number of amides is 1. The average molecular weight is 521 g/mol. The Hall–Kier alpha value is -3.13. The van der Waals surface area contributed by atoms with Crippen LogP contribution in [-0.4, -0.2) is 70.6 Å².